The fraction of sp³-hybridized carbons (Fsp3) is 0.273. The number of rotatable bonds is 8. The number of aryl methyl sites for hydroxylation is 1. The van der Waals surface area contributed by atoms with Crippen molar-refractivity contribution in [1.82, 2.24) is 4.90 Å². The van der Waals surface area contributed by atoms with Crippen LogP contribution in [0.4, 0.5) is 0 Å². The van der Waals surface area contributed by atoms with Crippen molar-refractivity contribution in [2.75, 3.05) is 19.8 Å². The van der Waals surface area contributed by atoms with Crippen molar-refractivity contribution < 1.29 is 14.3 Å². The summed E-state index contributed by atoms with van der Waals surface area (Å²) >= 11 is 6.59. The van der Waals surface area contributed by atoms with Gasteiger partial charge in [0.2, 0.25) is 0 Å². The van der Waals surface area contributed by atoms with Crippen molar-refractivity contribution >= 4 is 40.3 Å². The van der Waals surface area contributed by atoms with Gasteiger partial charge >= 0.3 is 0 Å². The lowest BCUT2D eigenvalue weighted by Crippen LogP contribution is -2.27. The van der Waals surface area contributed by atoms with E-state index in [0.717, 1.165) is 23.5 Å². The first-order valence-corrected chi connectivity index (χ1v) is 10.5. The Morgan fingerprint density at radius 3 is 2.39 bits per heavy atom. The van der Waals surface area contributed by atoms with E-state index in [-0.39, 0.29) is 5.91 Å². The van der Waals surface area contributed by atoms with Gasteiger partial charge in [0.15, 0.2) is 0 Å². The Kier molecular flexibility index (Phi) is 7.12. The molecule has 1 aliphatic heterocycles. The molecule has 1 saturated heterocycles. The zero-order chi connectivity index (χ0) is 19.9. The highest BCUT2D eigenvalue weighted by Crippen LogP contribution is 2.32. The molecule has 146 valence electrons. The molecule has 0 aromatic heterocycles. The number of thioether (sulfide) groups is 1. The molecule has 0 bridgehead atoms. The van der Waals surface area contributed by atoms with Gasteiger partial charge in [-0.15, -0.1) is 0 Å². The fourth-order valence-corrected chi connectivity index (χ4v) is 4.15. The summed E-state index contributed by atoms with van der Waals surface area (Å²) < 4.78 is 12.2. The van der Waals surface area contributed by atoms with Gasteiger partial charge in [0.05, 0.1) is 18.1 Å². The van der Waals surface area contributed by atoms with Crippen LogP contribution in [0.25, 0.3) is 6.08 Å². The molecule has 0 N–H and O–H groups in total. The maximum absolute atomic E-state index is 12.3. The van der Waals surface area contributed by atoms with E-state index in [1.165, 1.54) is 17.3 Å². The summed E-state index contributed by atoms with van der Waals surface area (Å²) in [5, 5.41) is 0. The van der Waals surface area contributed by atoms with Crippen LogP contribution in [0.3, 0.4) is 0 Å². The first kappa shape index (κ1) is 20.4. The minimum Gasteiger partial charge on any atom is -0.493 e. The van der Waals surface area contributed by atoms with Crippen molar-refractivity contribution in [3.63, 3.8) is 0 Å². The molecule has 28 heavy (non-hydrogen) atoms. The number of likely N-dealkylation sites (N-methyl/N-ethyl adjacent to an activating group) is 1. The summed E-state index contributed by atoms with van der Waals surface area (Å²) in [7, 11) is 0. The van der Waals surface area contributed by atoms with Gasteiger partial charge in [0, 0.05) is 13.0 Å². The number of ether oxygens (including phenoxy) is 2. The molecule has 2 aromatic carbocycles. The van der Waals surface area contributed by atoms with Gasteiger partial charge in [-0.3, -0.25) is 9.69 Å². The second-order valence-corrected chi connectivity index (χ2v) is 8.04. The molecule has 2 aromatic rings. The van der Waals surface area contributed by atoms with E-state index < -0.39 is 0 Å². The summed E-state index contributed by atoms with van der Waals surface area (Å²) in [6.07, 6.45) is 2.65. The number of nitrogens with zero attached hydrogens (tertiary/aromatic N) is 1. The van der Waals surface area contributed by atoms with E-state index in [9.17, 15) is 4.79 Å². The first-order chi connectivity index (χ1) is 13.6. The third kappa shape index (κ3) is 5.36. The molecular weight excluding hydrogens is 390 g/mol. The van der Waals surface area contributed by atoms with Crippen LogP contribution in [-0.4, -0.2) is 34.9 Å². The van der Waals surface area contributed by atoms with Crippen molar-refractivity contribution in [3.05, 3.63) is 64.6 Å². The Labute approximate surface area is 175 Å². The van der Waals surface area contributed by atoms with Gasteiger partial charge in [-0.05, 0) is 55.3 Å². The Morgan fingerprint density at radius 2 is 1.75 bits per heavy atom. The zero-order valence-electron chi connectivity index (χ0n) is 16.0. The molecule has 1 fully saturated rings. The van der Waals surface area contributed by atoms with E-state index in [4.69, 9.17) is 21.7 Å². The van der Waals surface area contributed by atoms with Gasteiger partial charge in [-0.2, -0.15) is 0 Å². The number of thiocarbonyl (C=S) groups is 1. The van der Waals surface area contributed by atoms with Crippen LogP contribution in [-0.2, 0) is 4.79 Å². The van der Waals surface area contributed by atoms with E-state index in [2.05, 4.69) is 0 Å². The number of carbonyl (C=O) groups excluding carboxylic acids is 1. The summed E-state index contributed by atoms with van der Waals surface area (Å²) in [5.41, 5.74) is 2.10. The van der Waals surface area contributed by atoms with E-state index in [1.54, 1.807) is 4.90 Å². The monoisotopic (exact) mass is 413 g/mol. The molecule has 1 heterocycles. The fourth-order valence-electron chi connectivity index (χ4n) is 2.76. The maximum atomic E-state index is 12.3. The van der Waals surface area contributed by atoms with Crippen LogP contribution >= 0.6 is 24.0 Å². The van der Waals surface area contributed by atoms with Gasteiger partial charge in [-0.1, -0.05) is 48.2 Å². The topological polar surface area (TPSA) is 38.8 Å². The van der Waals surface area contributed by atoms with Crippen molar-refractivity contribution in [3.8, 4) is 11.5 Å². The lowest BCUT2D eigenvalue weighted by molar-refractivity contribution is -0.121. The highest BCUT2D eigenvalue weighted by atomic mass is 32.2. The molecule has 0 atom stereocenters. The van der Waals surface area contributed by atoms with Crippen LogP contribution in [0.5, 0.6) is 11.5 Å². The summed E-state index contributed by atoms with van der Waals surface area (Å²) in [5.74, 6) is 1.62. The Balaban J connectivity index is 1.50. The van der Waals surface area contributed by atoms with Crippen molar-refractivity contribution in [1.29, 1.82) is 0 Å². The quantitative estimate of drug-likeness (QED) is 0.343. The Morgan fingerprint density at radius 1 is 1.07 bits per heavy atom. The van der Waals surface area contributed by atoms with Gasteiger partial charge < -0.3 is 9.47 Å². The molecule has 4 nitrogen and oxygen atoms in total. The van der Waals surface area contributed by atoms with Crippen LogP contribution in [0.15, 0.2) is 53.4 Å². The minimum absolute atomic E-state index is 0.0304. The van der Waals surface area contributed by atoms with Gasteiger partial charge in [0.25, 0.3) is 5.91 Å². The number of carbonyl (C=O) groups is 1. The number of hydrogen-bond donors (Lipinski definition) is 0. The third-order valence-corrected chi connectivity index (χ3v) is 5.54. The SMILES string of the molecule is CCN1C(=O)/C(=C/c2cccc(OCCCOc3cccc(C)c3)c2)SC1=S. The molecule has 1 amide bonds. The molecule has 0 saturated carbocycles. The van der Waals surface area contributed by atoms with Crippen LogP contribution in [0.2, 0.25) is 0 Å². The lowest BCUT2D eigenvalue weighted by atomic mass is 10.2. The second kappa shape index (κ2) is 9.75. The third-order valence-electron chi connectivity index (χ3n) is 4.16. The average Bonchev–Trinajstić information content (AvgIpc) is 2.94. The highest BCUT2D eigenvalue weighted by molar-refractivity contribution is 8.26. The second-order valence-electron chi connectivity index (χ2n) is 6.37. The molecular formula is C22H23NO3S2. The number of hydrogen-bond acceptors (Lipinski definition) is 5. The average molecular weight is 414 g/mol. The van der Waals surface area contributed by atoms with E-state index >= 15 is 0 Å². The molecule has 1 aliphatic rings. The number of amides is 1. The molecule has 3 rings (SSSR count). The zero-order valence-corrected chi connectivity index (χ0v) is 17.6. The van der Waals surface area contributed by atoms with Crippen LogP contribution in [0, 0.1) is 6.92 Å². The summed E-state index contributed by atoms with van der Waals surface area (Å²) in [6.45, 7) is 5.72. The van der Waals surface area contributed by atoms with Crippen LogP contribution < -0.4 is 9.47 Å². The van der Waals surface area contributed by atoms with Gasteiger partial charge in [-0.25, -0.2) is 0 Å². The standard InChI is InChI=1S/C22H23NO3S2/c1-3-23-21(24)20(28-22(23)27)15-17-8-5-10-19(14-17)26-12-6-11-25-18-9-4-7-16(2)13-18/h4-5,7-10,13-15H,3,6,11-12H2,1-2H3/b20-15-. The molecule has 0 aliphatic carbocycles. The molecule has 6 heteroatoms. The number of benzene rings is 2. The van der Waals surface area contributed by atoms with Crippen molar-refractivity contribution in [2.24, 2.45) is 0 Å². The molecule has 0 spiro atoms. The van der Waals surface area contributed by atoms with Crippen LogP contribution in [0.1, 0.15) is 24.5 Å². The molecule has 0 radical (unpaired) electrons. The van der Waals surface area contributed by atoms with E-state index in [1.807, 2.05) is 68.5 Å². The largest absolute Gasteiger partial charge is 0.493 e. The first-order valence-electron chi connectivity index (χ1n) is 9.24. The minimum atomic E-state index is -0.0304. The highest BCUT2D eigenvalue weighted by Gasteiger charge is 2.30. The van der Waals surface area contributed by atoms with Crippen molar-refractivity contribution in [2.45, 2.75) is 20.3 Å². The predicted molar refractivity (Wildman–Crippen MR) is 119 cm³/mol. The summed E-state index contributed by atoms with van der Waals surface area (Å²) in [6, 6.07) is 15.7. The Hall–Kier alpha value is -2.31. The molecule has 0 unspecified atom stereocenters. The smallest absolute Gasteiger partial charge is 0.266 e. The lowest BCUT2D eigenvalue weighted by Gasteiger charge is -2.10. The summed E-state index contributed by atoms with van der Waals surface area (Å²) in [4.78, 5) is 14.6. The van der Waals surface area contributed by atoms with Gasteiger partial charge in [0.1, 0.15) is 15.8 Å². The van der Waals surface area contributed by atoms with E-state index in [0.29, 0.717) is 29.0 Å². The Bertz CT molecular complexity index is 895. The normalized spacial score (nSPS) is 15.4. The maximum Gasteiger partial charge on any atom is 0.266 e. The predicted octanol–water partition coefficient (Wildman–Crippen LogP) is 5.06.